The number of aromatic nitrogens is 1. The first-order valence-corrected chi connectivity index (χ1v) is 9.55. The van der Waals surface area contributed by atoms with Gasteiger partial charge in [0.2, 0.25) is 0 Å². The average molecular weight is 433 g/mol. The van der Waals surface area contributed by atoms with Crippen LogP contribution in [-0.2, 0) is 0 Å². The van der Waals surface area contributed by atoms with E-state index in [1.165, 1.54) is 0 Å². The van der Waals surface area contributed by atoms with Gasteiger partial charge in [-0.1, -0.05) is 42.5 Å². The number of benzene rings is 3. The van der Waals surface area contributed by atoms with E-state index in [1.807, 2.05) is 78.9 Å². The van der Waals surface area contributed by atoms with Crippen LogP contribution in [0.2, 0.25) is 0 Å². The lowest BCUT2D eigenvalue weighted by molar-refractivity contribution is 0.102. The smallest absolute Gasteiger partial charge is 0.256 e. The maximum absolute atomic E-state index is 13.1. The number of rotatable bonds is 4. The summed E-state index contributed by atoms with van der Waals surface area (Å²) in [5.74, 6) is 0.557. The van der Waals surface area contributed by atoms with E-state index in [4.69, 9.17) is 9.72 Å². The molecule has 0 bridgehead atoms. The molecule has 0 radical (unpaired) electrons. The molecule has 0 saturated carbocycles. The summed E-state index contributed by atoms with van der Waals surface area (Å²) < 4.78 is 6.15. The van der Waals surface area contributed by atoms with Crippen LogP contribution < -0.4 is 10.1 Å². The minimum absolute atomic E-state index is 0.186. The lowest BCUT2D eigenvalue weighted by atomic mass is 10.0. The Morgan fingerprint density at radius 1 is 0.964 bits per heavy atom. The summed E-state index contributed by atoms with van der Waals surface area (Å²) in [5, 5.41) is 3.79. The summed E-state index contributed by atoms with van der Waals surface area (Å²) in [6.45, 7) is 0. The molecule has 0 aliphatic rings. The highest BCUT2D eigenvalue weighted by atomic mass is 79.9. The third-order valence-corrected chi connectivity index (χ3v) is 5.14. The molecule has 28 heavy (non-hydrogen) atoms. The SMILES string of the molecule is COc1cccc(-c2cc(C(=O)Nc3ccccc3Br)c3ccccc3n2)c1. The Hall–Kier alpha value is -3.18. The second-order valence-electron chi connectivity index (χ2n) is 6.24. The molecule has 0 saturated heterocycles. The molecular weight excluding hydrogens is 416 g/mol. The van der Waals surface area contributed by atoms with Crippen molar-refractivity contribution in [2.24, 2.45) is 0 Å². The summed E-state index contributed by atoms with van der Waals surface area (Å²) in [7, 11) is 1.63. The summed E-state index contributed by atoms with van der Waals surface area (Å²) in [4.78, 5) is 17.8. The fourth-order valence-corrected chi connectivity index (χ4v) is 3.43. The summed E-state index contributed by atoms with van der Waals surface area (Å²) in [6.07, 6.45) is 0. The summed E-state index contributed by atoms with van der Waals surface area (Å²) >= 11 is 3.47. The van der Waals surface area contributed by atoms with Gasteiger partial charge in [-0.2, -0.15) is 0 Å². The topological polar surface area (TPSA) is 51.2 Å². The second kappa shape index (κ2) is 7.82. The molecule has 5 heteroatoms. The van der Waals surface area contributed by atoms with Gasteiger partial charge in [0, 0.05) is 15.4 Å². The van der Waals surface area contributed by atoms with Crippen molar-refractivity contribution in [1.82, 2.24) is 4.98 Å². The van der Waals surface area contributed by atoms with Crippen molar-refractivity contribution in [2.75, 3.05) is 12.4 Å². The van der Waals surface area contributed by atoms with Crippen LogP contribution in [0.4, 0.5) is 5.69 Å². The molecule has 4 nitrogen and oxygen atoms in total. The Morgan fingerprint density at radius 2 is 1.75 bits per heavy atom. The van der Waals surface area contributed by atoms with Crippen LogP contribution >= 0.6 is 15.9 Å². The van der Waals surface area contributed by atoms with Gasteiger partial charge in [0.25, 0.3) is 5.91 Å². The van der Waals surface area contributed by atoms with Crippen LogP contribution in [0.15, 0.2) is 83.3 Å². The zero-order chi connectivity index (χ0) is 19.5. The number of nitrogens with one attached hydrogen (secondary N) is 1. The standard InChI is InChI=1S/C23H17BrN2O2/c1-28-16-8-6-7-15(13-16)22-14-18(17-9-2-4-11-20(17)25-22)23(27)26-21-12-5-3-10-19(21)24/h2-14H,1H3,(H,26,27). The molecule has 1 heterocycles. The number of ether oxygens (including phenoxy) is 1. The Kier molecular flexibility index (Phi) is 5.08. The van der Waals surface area contributed by atoms with Crippen LogP contribution in [0.1, 0.15) is 10.4 Å². The van der Waals surface area contributed by atoms with E-state index >= 15 is 0 Å². The zero-order valence-electron chi connectivity index (χ0n) is 15.1. The second-order valence-corrected chi connectivity index (χ2v) is 7.09. The van der Waals surface area contributed by atoms with Gasteiger partial charge in [0.1, 0.15) is 5.75 Å². The molecule has 0 aliphatic carbocycles. The molecule has 3 aromatic carbocycles. The number of hydrogen-bond donors (Lipinski definition) is 1. The first-order valence-electron chi connectivity index (χ1n) is 8.76. The molecule has 0 spiro atoms. The molecule has 0 atom stereocenters. The predicted molar refractivity (Wildman–Crippen MR) is 116 cm³/mol. The minimum atomic E-state index is -0.186. The average Bonchev–Trinajstić information content (AvgIpc) is 2.74. The molecular formula is C23H17BrN2O2. The van der Waals surface area contributed by atoms with Gasteiger partial charge in [-0.05, 0) is 52.3 Å². The highest BCUT2D eigenvalue weighted by molar-refractivity contribution is 9.10. The van der Waals surface area contributed by atoms with Crippen molar-refractivity contribution in [2.45, 2.75) is 0 Å². The Morgan fingerprint density at radius 3 is 2.57 bits per heavy atom. The predicted octanol–water partition coefficient (Wildman–Crippen LogP) is 5.93. The van der Waals surface area contributed by atoms with Crippen LogP contribution in [0.25, 0.3) is 22.2 Å². The van der Waals surface area contributed by atoms with Gasteiger partial charge in [-0.15, -0.1) is 0 Å². The highest BCUT2D eigenvalue weighted by Crippen LogP contribution is 2.28. The summed E-state index contributed by atoms with van der Waals surface area (Å²) in [5.41, 5.74) is 3.66. The van der Waals surface area contributed by atoms with Crippen molar-refractivity contribution in [1.29, 1.82) is 0 Å². The number of para-hydroxylation sites is 2. The molecule has 138 valence electrons. The summed E-state index contributed by atoms with van der Waals surface area (Å²) in [6, 6.07) is 24.7. The van der Waals surface area contributed by atoms with Crippen molar-refractivity contribution < 1.29 is 9.53 Å². The van der Waals surface area contributed by atoms with Crippen LogP contribution in [0.5, 0.6) is 5.75 Å². The fraction of sp³-hybridized carbons (Fsp3) is 0.0435. The molecule has 1 amide bonds. The Labute approximate surface area is 171 Å². The number of amides is 1. The van der Waals surface area contributed by atoms with Crippen molar-refractivity contribution in [3.63, 3.8) is 0 Å². The number of hydrogen-bond acceptors (Lipinski definition) is 3. The van der Waals surface area contributed by atoms with Crippen molar-refractivity contribution in [3.05, 3.63) is 88.9 Å². The number of pyridine rings is 1. The van der Waals surface area contributed by atoms with Gasteiger partial charge in [-0.3, -0.25) is 4.79 Å². The van der Waals surface area contributed by atoms with E-state index in [0.717, 1.165) is 38.1 Å². The van der Waals surface area contributed by atoms with Gasteiger partial charge in [-0.25, -0.2) is 4.98 Å². The van der Waals surface area contributed by atoms with Gasteiger partial charge < -0.3 is 10.1 Å². The van der Waals surface area contributed by atoms with Crippen LogP contribution in [0, 0.1) is 0 Å². The Balaban J connectivity index is 1.82. The van der Waals surface area contributed by atoms with E-state index in [-0.39, 0.29) is 5.91 Å². The van der Waals surface area contributed by atoms with E-state index in [9.17, 15) is 4.79 Å². The molecule has 0 unspecified atom stereocenters. The largest absolute Gasteiger partial charge is 0.497 e. The van der Waals surface area contributed by atoms with Crippen molar-refractivity contribution >= 4 is 38.4 Å². The number of carbonyl (C=O) groups excluding carboxylic acids is 1. The molecule has 4 rings (SSSR count). The number of fused-ring (bicyclic) bond motifs is 1. The van der Waals surface area contributed by atoms with E-state index < -0.39 is 0 Å². The number of carbonyl (C=O) groups is 1. The Bertz CT molecular complexity index is 1170. The monoisotopic (exact) mass is 432 g/mol. The molecule has 1 aromatic heterocycles. The quantitative estimate of drug-likeness (QED) is 0.434. The fourth-order valence-electron chi connectivity index (χ4n) is 3.05. The third-order valence-electron chi connectivity index (χ3n) is 4.45. The molecule has 0 fully saturated rings. The zero-order valence-corrected chi connectivity index (χ0v) is 16.7. The van der Waals surface area contributed by atoms with E-state index in [1.54, 1.807) is 7.11 Å². The first kappa shape index (κ1) is 18.2. The number of halogens is 1. The number of nitrogens with zero attached hydrogens (tertiary/aromatic N) is 1. The van der Waals surface area contributed by atoms with Crippen LogP contribution in [-0.4, -0.2) is 18.0 Å². The van der Waals surface area contributed by atoms with Gasteiger partial charge in [0.15, 0.2) is 0 Å². The van der Waals surface area contributed by atoms with Gasteiger partial charge in [0.05, 0.1) is 29.6 Å². The maximum atomic E-state index is 13.1. The number of methoxy groups -OCH3 is 1. The molecule has 4 aromatic rings. The highest BCUT2D eigenvalue weighted by Gasteiger charge is 2.15. The normalized spacial score (nSPS) is 10.6. The lowest BCUT2D eigenvalue weighted by Crippen LogP contribution is -2.13. The first-order chi connectivity index (χ1) is 13.7. The van der Waals surface area contributed by atoms with Crippen molar-refractivity contribution in [3.8, 4) is 17.0 Å². The van der Waals surface area contributed by atoms with E-state index in [2.05, 4.69) is 21.2 Å². The van der Waals surface area contributed by atoms with Crippen LogP contribution in [0.3, 0.4) is 0 Å². The number of anilines is 1. The maximum Gasteiger partial charge on any atom is 0.256 e. The minimum Gasteiger partial charge on any atom is -0.497 e. The van der Waals surface area contributed by atoms with Gasteiger partial charge >= 0.3 is 0 Å². The molecule has 1 N–H and O–H groups in total. The van der Waals surface area contributed by atoms with E-state index in [0.29, 0.717) is 5.56 Å². The molecule has 0 aliphatic heterocycles. The third kappa shape index (κ3) is 3.62. The lowest BCUT2D eigenvalue weighted by Gasteiger charge is -2.12.